The molecule has 1 fully saturated rings. The zero-order valence-corrected chi connectivity index (χ0v) is 19.2. The van der Waals surface area contributed by atoms with E-state index < -0.39 is 5.82 Å². The number of anilines is 1. The second kappa shape index (κ2) is 8.92. The van der Waals surface area contributed by atoms with Gasteiger partial charge in [0.2, 0.25) is 5.91 Å². The fraction of sp³-hybridized carbons (Fsp3) is 0.435. The van der Waals surface area contributed by atoms with Crippen LogP contribution in [0.25, 0.3) is 10.2 Å². The molecule has 3 heterocycles. The van der Waals surface area contributed by atoms with E-state index in [4.69, 9.17) is 16.6 Å². The van der Waals surface area contributed by atoms with E-state index in [9.17, 15) is 14.0 Å². The van der Waals surface area contributed by atoms with Gasteiger partial charge in [0.05, 0.1) is 17.0 Å². The monoisotopic (exact) mass is 474 g/mol. The van der Waals surface area contributed by atoms with Gasteiger partial charge in [-0.2, -0.15) is 0 Å². The second-order valence-electron chi connectivity index (χ2n) is 8.47. The van der Waals surface area contributed by atoms with E-state index >= 15 is 0 Å². The molecule has 0 atom stereocenters. The standard InChI is InChI=1S/C23H24ClFN4O2S/c24-16-11-14(7-8-17(16)25)26-20(30)13-29-19(12-28-9-3-4-10-28)27-22-21(23(29)31)15-5-1-2-6-18(15)32-22/h7-8,11H,1-6,9-10,12-13H2,(H,26,30). The fourth-order valence-electron chi connectivity index (χ4n) is 4.62. The SMILES string of the molecule is O=C(Cn1c(CN2CCCC2)nc2sc3c(c2c1=O)CCCC3)Nc1ccc(F)c(Cl)c1. The van der Waals surface area contributed by atoms with Crippen LogP contribution in [-0.2, 0) is 30.7 Å². The van der Waals surface area contributed by atoms with Crippen molar-refractivity contribution >= 4 is 44.7 Å². The molecule has 2 aromatic heterocycles. The lowest BCUT2D eigenvalue weighted by molar-refractivity contribution is -0.116. The lowest BCUT2D eigenvalue weighted by Gasteiger charge is -2.18. The molecular formula is C23H24ClFN4O2S. The first-order valence-electron chi connectivity index (χ1n) is 11.0. The Morgan fingerprint density at radius 3 is 2.75 bits per heavy atom. The van der Waals surface area contributed by atoms with Crippen LogP contribution in [0.4, 0.5) is 10.1 Å². The third-order valence-electron chi connectivity index (χ3n) is 6.22. The molecule has 168 valence electrons. The molecule has 1 aliphatic carbocycles. The number of hydrogen-bond acceptors (Lipinski definition) is 5. The summed E-state index contributed by atoms with van der Waals surface area (Å²) in [6.45, 7) is 2.33. The van der Waals surface area contributed by atoms with Crippen LogP contribution >= 0.6 is 22.9 Å². The molecule has 1 N–H and O–H groups in total. The molecule has 5 rings (SSSR count). The van der Waals surface area contributed by atoms with Crippen molar-refractivity contribution in [2.24, 2.45) is 0 Å². The van der Waals surface area contributed by atoms with Crippen molar-refractivity contribution in [2.45, 2.75) is 51.6 Å². The Balaban J connectivity index is 1.51. The van der Waals surface area contributed by atoms with Gasteiger partial charge in [0, 0.05) is 10.6 Å². The molecule has 1 aliphatic heterocycles. The van der Waals surface area contributed by atoms with Gasteiger partial charge in [-0.15, -0.1) is 11.3 Å². The number of carbonyl (C=O) groups excluding carboxylic acids is 1. The predicted molar refractivity (Wildman–Crippen MR) is 125 cm³/mol. The van der Waals surface area contributed by atoms with E-state index in [0.29, 0.717) is 23.4 Å². The summed E-state index contributed by atoms with van der Waals surface area (Å²) in [5.74, 6) is -0.302. The molecule has 9 heteroatoms. The Morgan fingerprint density at radius 1 is 1.19 bits per heavy atom. The van der Waals surface area contributed by atoms with Crippen LogP contribution in [0.15, 0.2) is 23.0 Å². The zero-order chi connectivity index (χ0) is 22.2. The van der Waals surface area contributed by atoms with Crippen molar-refractivity contribution in [3.05, 3.63) is 55.7 Å². The summed E-state index contributed by atoms with van der Waals surface area (Å²) >= 11 is 7.45. The highest BCUT2D eigenvalue weighted by Gasteiger charge is 2.24. The number of carbonyl (C=O) groups is 1. The minimum atomic E-state index is -0.550. The van der Waals surface area contributed by atoms with Crippen LogP contribution < -0.4 is 10.9 Å². The summed E-state index contributed by atoms with van der Waals surface area (Å²) in [6.07, 6.45) is 6.34. The third kappa shape index (κ3) is 4.19. The van der Waals surface area contributed by atoms with Gasteiger partial charge in [-0.25, -0.2) is 9.37 Å². The molecule has 0 unspecified atom stereocenters. The molecule has 3 aromatic rings. The summed E-state index contributed by atoms with van der Waals surface area (Å²) < 4.78 is 15.0. The van der Waals surface area contributed by atoms with Crippen LogP contribution in [0, 0.1) is 5.82 Å². The van der Waals surface area contributed by atoms with Crippen molar-refractivity contribution in [1.82, 2.24) is 14.5 Å². The average Bonchev–Trinajstić information content (AvgIpc) is 3.41. The van der Waals surface area contributed by atoms with Gasteiger partial charge in [0.1, 0.15) is 23.0 Å². The number of rotatable bonds is 5. The van der Waals surface area contributed by atoms with Gasteiger partial charge in [0.15, 0.2) is 0 Å². The number of nitrogens with zero attached hydrogens (tertiary/aromatic N) is 3. The minimum Gasteiger partial charge on any atom is -0.324 e. The average molecular weight is 475 g/mol. The van der Waals surface area contributed by atoms with Gasteiger partial charge in [-0.05, 0) is 75.4 Å². The molecule has 1 amide bonds. The topological polar surface area (TPSA) is 67.2 Å². The van der Waals surface area contributed by atoms with Gasteiger partial charge >= 0.3 is 0 Å². The lowest BCUT2D eigenvalue weighted by atomic mass is 9.97. The summed E-state index contributed by atoms with van der Waals surface area (Å²) in [4.78, 5) is 35.6. The van der Waals surface area contributed by atoms with Crippen LogP contribution in [0.3, 0.4) is 0 Å². The van der Waals surface area contributed by atoms with Crippen LogP contribution in [0.5, 0.6) is 0 Å². The van der Waals surface area contributed by atoms with Gasteiger partial charge in [-0.1, -0.05) is 11.6 Å². The third-order valence-corrected chi connectivity index (χ3v) is 7.70. The Labute approximate surface area is 194 Å². The summed E-state index contributed by atoms with van der Waals surface area (Å²) in [5.41, 5.74) is 1.36. The highest BCUT2D eigenvalue weighted by atomic mass is 35.5. The second-order valence-corrected chi connectivity index (χ2v) is 9.96. The molecule has 32 heavy (non-hydrogen) atoms. The molecule has 0 saturated carbocycles. The van der Waals surface area contributed by atoms with Crippen molar-refractivity contribution in [1.29, 1.82) is 0 Å². The number of thiophene rings is 1. The number of hydrogen-bond donors (Lipinski definition) is 1. The fourth-order valence-corrected chi connectivity index (χ4v) is 6.07. The number of likely N-dealkylation sites (tertiary alicyclic amines) is 1. The highest BCUT2D eigenvalue weighted by Crippen LogP contribution is 2.34. The van der Waals surface area contributed by atoms with Gasteiger partial charge < -0.3 is 5.32 Å². The van der Waals surface area contributed by atoms with E-state index in [2.05, 4.69) is 10.2 Å². The lowest BCUT2D eigenvalue weighted by Crippen LogP contribution is -2.33. The molecular weight excluding hydrogens is 451 g/mol. The largest absolute Gasteiger partial charge is 0.324 e. The van der Waals surface area contributed by atoms with Crippen molar-refractivity contribution < 1.29 is 9.18 Å². The maximum absolute atomic E-state index is 13.6. The Bertz CT molecular complexity index is 1250. The molecule has 1 aromatic carbocycles. The van der Waals surface area contributed by atoms with Crippen LogP contribution in [-0.4, -0.2) is 33.4 Å². The zero-order valence-electron chi connectivity index (χ0n) is 17.6. The normalized spacial score (nSPS) is 16.4. The number of benzene rings is 1. The van der Waals surface area contributed by atoms with E-state index in [-0.39, 0.29) is 23.0 Å². The number of nitrogens with one attached hydrogen (secondary N) is 1. The smallest absolute Gasteiger partial charge is 0.263 e. The first-order valence-corrected chi connectivity index (χ1v) is 12.2. The number of aryl methyl sites for hydroxylation is 2. The van der Waals surface area contributed by atoms with E-state index in [0.717, 1.165) is 62.0 Å². The van der Waals surface area contributed by atoms with Gasteiger partial charge in [-0.3, -0.25) is 19.1 Å². The van der Waals surface area contributed by atoms with Crippen molar-refractivity contribution in [3.63, 3.8) is 0 Å². The molecule has 6 nitrogen and oxygen atoms in total. The van der Waals surface area contributed by atoms with Crippen LogP contribution in [0.1, 0.15) is 41.9 Å². The van der Waals surface area contributed by atoms with Crippen molar-refractivity contribution in [3.8, 4) is 0 Å². The molecule has 0 spiro atoms. The quantitative estimate of drug-likeness (QED) is 0.596. The first kappa shape index (κ1) is 21.6. The summed E-state index contributed by atoms with van der Waals surface area (Å²) in [6, 6.07) is 4.01. The predicted octanol–water partition coefficient (Wildman–Crippen LogP) is 4.36. The van der Waals surface area contributed by atoms with Crippen LogP contribution in [0.2, 0.25) is 5.02 Å². The highest BCUT2D eigenvalue weighted by molar-refractivity contribution is 7.18. The molecule has 2 aliphatic rings. The maximum Gasteiger partial charge on any atom is 0.263 e. The maximum atomic E-state index is 13.6. The molecule has 0 bridgehead atoms. The Kier molecular flexibility index (Phi) is 6.01. The Morgan fingerprint density at radius 2 is 1.97 bits per heavy atom. The minimum absolute atomic E-state index is 0.0670. The summed E-state index contributed by atoms with van der Waals surface area (Å²) in [5, 5.41) is 3.33. The number of halogens is 2. The van der Waals surface area contributed by atoms with Crippen molar-refractivity contribution in [2.75, 3.05) is 18.4 Å². The van der Waals surface area contributed by atoms with E-state index in [1.807, 2.05) is 0 Å². The van der Waals surface area contributed by atoms with Gasteiger partial charge in [0.25, 0.3) is 5.56 Å². The number of aromatic nitrogens is 2. The number of amides is 1. The Hall–Kier alpha value is -2.29. The summed E-state index contributed by atoms with van der Waals surface area (Å²) in [7, 11) is 0. The molecule has 1 saturated heterocycles. The number of fused-ring (bicyclic) bond motifs is 3. The first-order chi connectivity index (χ1) is 15.5. The van der Waals surface area contributed by atoms with E-state index in [1.54, 1.807) is 11.3 Å². The molecule has 0 radical (unpaired) electrons. The van der Waals surface area contributed by atoms with E-state index in [1.165, 1.54) is 27.6 Å².